The zero-order valence-electron chi connectivity index (χ0n) is 9.34. The van der Waals surface area contributed by atoms with Crippen molar-refractivity contribution < 1.29 is 14.7 Å². The molecule has 6 nitrogen and oxygen atoms in total. The van der Waals surface area contributed by atoms with Crippen LogP contribution in [0.15, 0.2) is 12.2 Å². The zero-order chi connectivity index (χ0) is 12.7. The predicted molar refractivity (Wildman–Crippen MR) is 63.9 cm³/mol. The summed E-state index contributed by atoms with van der Waals surface area (Å²) in [4.78, 5) is 21.4. The molecule has 1 rings (SSSR count). The zero-order valence-corrected chi connectivity index (χ0v) is 10.2. The first-order valence-electron chi connectivity index (χ1n) is 5.16. The van der Waals surface area contributed by atoms with Crippen LogP contribution in [0, 0.1) is 0 Å². The first-order chi connectivity index (χ1) is 8.11. The van der Waals surface area contributed by atoms with Crippen molar-refractivity contribution in [2.24, 2.45) is 0 Å². The van der Waals surface area contributed by atoms with Crippen molar-refractivity contribution in [3.05, 3.63) is 17.2 Å². The van der Waals surface area contributed by atoms with Crippen LogP contribution < -0.4 is 5.32 Å². The molecule has 92 valence electrons. The molecule has 0 radical (unpaired) electrons. The highest BCUT2D eigenvalue weighted by Gasteiger charge is 2.05. The van der Waals surface area contributed by atoms with Gasteiger partial charge in [-0.3, -0.25) is 10.1 Å². The maximum Gasteiger partial charge on any atom is 0.328 e. The molecule has 7 heteroatoms. The molecule has 1 aromatic heterocycles. The average Bonchev–Trinajstić information content (AvgIpc) is 2.71. The molecule has 0 aliphatic carbocycles. The summed E-state index contributed by atoms with van der Waals surface area (Å²) < 4.78 is 0. The highest BCUT2D eigenvalue weighted by atomic mass is 32.1. The van der Waals surface area contributed by atoms with Gasteiger partial charge in [-0.15, -0.1) is 10.2 Å². The molecule has 2 N–H and O–H groups in total. The molecule has 0 fully saturated rings. The maximum absolute atomic E-state index is 11.2. The number of carboxylic acid groups (broad SMARTS) is 1. The van der Waals surface area contributed by atoms with Gasteiger partial charge >= 0.3 is 5.97 Å². The predicted octanol–water partition coefficient (Wildman–Crippen LogP) is 1.46. The fourth-order valence-electron chi connectivity index (χ4n) is 1.03. The van der Waals surface area contributed by atoms with Gasteiger partial charge in [0.05, 0.1) is 0 Å². The fraction of sp³-hybridized carbons (Fsp3) is 0.400. The SMILES string of the molecule is CCCCc1nnc(NC(=O)/C=C/C(=O)O)s1. The lowest BCUT2D eigenvalue weighted by Crippen LogP contribution is -2.08. The van der Waals surface area contributed by atoms with Crippen molar-refractivity contribution in [1.29, 1.82) is 0 Å². The summed E-state index contributed by atoms with van der Waals surface area (Å²) in [6, 6.07) is 0. The third-order valence-corrected chi connectivity index (χ3v) is 2.72. The molecule has 0 saturated carbocycles. The molecule has 0 atom stereocenters. The van der Waals surface area contributed by atoms with E-state index >= 15 is 0 Å². The second-order valence-corrected chi connectivity index (χ2v) is 4.33. The second-order valence-electron chi connectivity index (χ2n) is 3.27. The van der Waals surface area contributed by atoms with Gasteiger partial charge in [0.2, 0.25) is 11.0 Å². The van der Waals surface area contributed by atoms with E-state index in [1.54, 1.807) is 0 Å². The van der Waals surface area contributed by atoms with Crippen molar-refractivity contribution in [2.75, 3.05) is 5.32 Å². The van der Waals surface area contributed by atoms with E-state index in [2.05, 4.69) is 22.4 Å². The monoisotopic (exact) mass is 255 g/mol. The van der Waals surface area contributed by atoms with Crippen LogP contribution in [0.25, 0.3) is 0 Å². The number of amides is 1. The summed E-state index contributed by atoms with van der Waals surface area (Å²) in [5, 5.41) is 19.7. The van der Waals surface area contributed by atoms with Gasteiger partial charge in [0.25, 0.3) is 0 Å². The highest BCUT2D eigenvalue weighted by Crippen LogP contribution is 2.16. The summed E-state index contributed by atoms with van der Waals surface area (Å²) in [7, 11) is 0. The van der Waals surface area contributed by atoms with Gasteiger partial charge in [0.1, 0.15) is 5.01 Å². The standard InChI is InChI=1S/C10H13N3O3S/c1-2-3-4-8-12-13-10(17-8)11-7(14)5-6-9(15)16/h5-6H,2-4H2,1H3,(H,15,16)(H,11,13,14)/b6-5+. The lowest BCUT2D eigenvalue weighted by Gasteiger charge is -1.93. The molecule has 0 aliphatic rings. The summed E-state index contributed by atoms with van der Waals surface area (Å²) in [6.45, 7) is 2.08. The summed E-state index contributed by atoms with van der Waals surface area (Å²) in [5.74, 6) is -1.69. The quantitative estimate of drug-likeness (QED) is 0.751. The number of unbranched alkanes of at least 4 members (excludes halogenated alkanes) is 1. The van der Waals surface area contributed by atoms with Gasteiger partial charge in [-0.25, -0.2) is 4.79 Å². The van der Waals surface area contributed by atoms with Gasteiger partial charge in [0.15, 0.2) is 0 Å². The smallest absolute Gasteiger partial charge is 0.328 e. The van der Waals surface area contributed by atoms with Crippen molar-refractivity contribution >= 4 is 28.3 Å². The van der Waals surface area contributed by atoms with Crippen LogP contribution in [0.3, 0.4) is 0 Å². The Bertz CT molecular complexity index is 428. The second kappa shape index (κ2) is 6.74. The number of carbonyl (C=O) groups is 2. The molecular weight excluding hydrogens is 242 g/mol. The molecule has 0 bridgehead atoms. The van der Waals surface area contributed by atoms with Gasteiger partial charge in [0, 0.05) is 18.6 Å². The minimum atomic E-state index is -1.17. The molecule has 0 aromatic carbocycles. The third-order valence-electron chi connectivity index (χ3n) is 1.82. The number of rotatable bonds is 6. The number of carbonyl (C=O) groups excluding carboxylic acids is 1. The first kappa shape index (κ1) is 13.3. The van der Waals surface area contributed by atoms with Gasteiger partial charge in [-0.1, -0.05) is 24.7 Å². The Balaban J connectivity index is 2.48. The maximum atomic E-state index is 11.2. The Labute approximate surface area is 102 Å². The van der Waals surface area contributed by atoms with Crippen LogP contribution in [0.4, 0.5) is 5.13 Å². The van der Waals surface area contributed by atoms with E-state index in [-0.39, 0.29) is 0 Å². The van der Waals surface area contributed by atoms with Crippen LogP contribution >= 0.6 is 11.3 Å². The van der Waals surface area contributed by atoms with E-state index in [0.29, 0.717) is 5.13 Å². The molecule has 0 spiro atoms. The lowest BCUT2D eigenvalue weighted by atomic mass is 10.3. The van der Waals surface area contributed by atoms with Crippen LogP contribution in [0.5, 0.6) is 0 Å². The topological polar surface area (TPSA) is 92.2 Å². The van der Waals surface area contributed by atoms with Gasteiger partial charge in [-0.05, 0) is 6.42 Å². The Morgan fingerprint density at radius 1 is 1.41 bits per heavy atom. The number of hydrogen-bond acceptors (Lipinski definition) is 5. The Kier molecular flexibility index (Phi) is 5.28. The van der Waals surface area contributed by atoms with Crippen LogP contribution in [0.2, 0.25) is 0 Å². The van der Waals surface area contributed by atoms with Crippen LogP contribution in [0.1, 0.15) is 24.8 Å². The van der Waals surface area contributed by atoms with E-state index in [4.69, 9.17) is 5.11 Å². The van der Waals surface area contributed by atoms with E-state index in [9.17, 15) is 9.59 Å². The largest absolute Gasteiger partial charge is 0.478 e. The van der Waals surface area contributed by atoms with Crippen molar-refractivity contribution in [2.45, 2.75) is 26.2 Å². The number of carboxylic acids is 1. The molecule has 1 heterocycles. The first-order valence-corrected chi connectivity index (χ1v) is 5.98. The fourth-order valence-corrected chi connectivity index (χ4v) is 1.81. The number of aryl methyl sites for hydroxylation is 1. The minimum Gasteiger partial charge on any atom is -0.478 e. The molecular formula is C10H13N3O3S. The molecule has 1 amide bonds. The van der Waals surface area contributed by atoms with Crippen LogP contribution in [-0.2, 0) is 16.0 Å². The third kappa shape index (κ3) is 5.21. The summed E-state index contributed by atoms with van der Waals surface area (Å²) in [5.41, 5.74) is 0. The van der Waals surface area contributed by atoms with Crippen molar-refractivity contribution in [1.82, 2.24) is 10.2 Å². The molecule has 0 unspecified atom stereocenters. The number of nitrogens with zero attached hydrogens (tertiary/aromatic N) is 2. The molecule has 0 saturated heterocycles. The number of nitrogens with one attached hydrogen (secondary N) is 1. The number of anilines is 1. The van der Waals surface area contributed by atoms with Crippen molar-refractivity contribution in [3.8, 4) is 0 Å². The number of aromatic nitrogens is 2. The number of hydrogen-bond donors (Lipinski definition) is 2. The molecule has 1 aromatic rings. The minimum absolute atomic E-state index is 0.385. The van der Waals surface area contributed by atoms with E-state index in [0.717, 1.165) is 36.4 Å². The Hall–Kier alpha value is -1.76. The van der Waals surface area contributed by atoms with E-state index in [1.807, 2.05) is 0 Å². The van der Waals surface area contributed by atoms with E-state index in [1.165, 1.54) is 11.3 Å². The molecule has 0 aliphatic heterocycles. The highest BCUT2D eigenvalue weighted by molar-refractivity contribution is 7.15. The molecule has 17 heavy (non-hydrogen) atoms. The number of aliphatic carboxylic acids is 1. The van der Waals surface area contributed by atoms with Gasteiger partial charge in [-0.2, -0.15) is 0 Å². The summed E-state index contributed by atoms with van der Waals surface area (Å²) in [6.07, 6.45) is 4.66. The average molecular weight is 255 g/mol. The Morgan fingerprint density at radius 3 is 2.82 bits per heavy atom. The van der Waals surface area contributed by atoms with Crippen LogP contribution in [-0.4, -0.2) is 27.2 Å². The normalized spacial score (nSPS) is 10.6. The van der Waals surface area contributed by atoms with Crippen molar-refractivity contribution in [3.63, 3.8) is 0 Å². The Morgan fingerprint density at radius 2 is 2.18 bits per heavy atom. The lowest BCUT2D eigenvalue weighted by molar-refractivity contribution is -0.131. The van der Waals surface area contributed by atoms with E-state index < -0.39 is 11.9 Å². The van der Waals surface area contributed by atoms with Gasteiger partial charge < -0.3 is 5.11 Å². The summed E-state index contributed by atoms with van der Waals surface area (Å²) >= 11 is 1.30.